The number of oxime groups is 1. The van der Waals surface area contributed by atoms with Crippen molar-refractivity contribution in [3.8, 4) is 0 Å². The van der Waals surface area contributed by atoms with E-state index in [0.717, 1.165) is 37.5 Å². The Kier molecular flexibility index (Phi) is 4.75. The molecule has 1 aromatic heterocycles. The summed E-state index contributed by atoms with van der Waals surface area (Å²) in [5.41, 5.74) is 5.39. The molecular formula is C10H19N5O. The van der Waals surface area contributed by atoms with Gasteiger partial charge in [0.25, 0.3) is 0 Å². The maximum absolute atomic E-state index is 8.40. The monoisotopic (exact) mass is 225 g/mol. The maximum Gasteiger partial charge on any atom is 0.150 e. The second-order valence-corrected chi connectivity index (χ2v) is 3.57. The lowest BCUT2D eigenvalue weighted by Gasteiger charge is -2.03. The SMILES string of the molecule is CCc1nc(CC)n(CCCC(N)=NO)n1. The predicted molar refractivity (Wildman–Crippen MR) is 61.4 cm³/mol. The molecule has 3 N–H and O–H groups in total. The highest BCUT2D eigenvalue weighted by Gasteiger charge is 2.06. The number of aryl methyl sites for hydroxylation is 3. The first-order valence-electron chi connectivity index (χ1n) is 5.60. The number of nitrogens with two attached hydrogens (primary N) is 1. The Balaban J connectivity index is 2.55. The topological polar surface area (TPSA) is 89.3 Å². The van der Waals surface area contributed by atoms with E-state index < -0.39 is 0 Å². The molecule has 0 unspecified atom stereocenters. The summed E-state index contributed by atoms with van der Waals surface area (Å²) in [4.78, 5) is 4.41. The van der Waals surface area contributed by atoms with Gasteiger partial charge in [-0.15, -0.1) is 0 Å². The minimum Gasteiger partial charge on any atom is -0.409 e. The average Bonchev–Trinajstić information content (AvgIpc) is 2.71. The number of aromatic nitrogens is 3. The van der Waals surface area contributed by atoms with Crippen LogP contribution in [0.4, 0.5) is 0 Å². The van der Waals surface area contributed by atoms with Gasteiger partial charge in [-0.1, -0.05) is 19.0 Å². The smallest absolute Gasteiger partial charge is 0.150 e. The zero-order valence-electron chi connectivity index (χ0n) is 9.85. The Morgan fingerprint density at radius 3 is 2.75 bits per heavy atom. The fraction of sp³-hybridized carbons (Fsp3) is 0.700. The third kappa shape index (κ3) is 3.22. The van der Waals surface area contributed by atoms with Gasteiger partial charge in [0.1, 0.15) is 11.7 Å². The summed E-state index contributed by atoms with van der Waals surface area (Å²) in [7, 11) is 0. The third-order valence-electron chi connectivity index (χ3n) is 2.36. The Labute approximate surface area is 95.2 Å². The summed E-state index contributed by atoms with van der Waals surface area (Å²) in [6.45, 7) is 4.85. The molecule has 1 heterocycles. The first-order valence-corrected chi connectivity index (χ1v) is 5.60. The number of hydrogen-bond acceptors (Lipinski definition) is 4. The molecule has 0 saturated heterocycles. The van der Waals surface area contributed by atoms with Crippen molar-refractivity contribution >= 4 is 5.84 Å². The van der Waals surface area contributed by atoms with E-state index in [0.29, 0.717) is 6.42 Å². The minimum absolute atomic E-state index is 0.258. The fourth-order valence-corrected chi connectivity index (χ4v) is 1.48. The maximum atomic E-state index is 8.40. The van der Waals surface area contributed by atoms with Crippen LogP contribution in [-0.2, 0) is 19.4 Å². The first kappa shape index (κ1) is 12.5. The first-order chi connectivity index (χ1) is 7.71. The van der Waals surface area contributed by atoms with Crippen LogP contribution in [0.15, 0.2) is 5.16 Å². The van der Waals surface area contributed by atoms with Crippen LogP contribution in [0.1, 0.15) is 38.3 Å². The molecule has 0 saturated carbocycles. The van der Waals surface area contributed by atoms with E-state index in [9.17, 15) is 0 Å². The number of rotatable bonds is 6. The Hall–Kier alpha value is -1.59. The van der Waals surface area contributed by atoms with Crippen molar-refractivity contribution in [2.45, 2.75) is 46.1 Å². The molecule has 0 aliphatic carbocycles. The van der Waals surface area contributed by atoms with Gasteiger partial charge in [0.15, 0.2) is 5.82 Å². The van der Waals surface area contributed by atoms with Gasteiger partial charge < -0.3 is 10.9 Å². The number of amidine groups is 1. The molecule has 0 amide bonds. The van der Waals surface area contributed by atoms with Crippen LogP contribution in [0.25, 0.3) is 0 Å². The minimum atomic E-state index is 0.258. The lowest BCUT2D eigenvalue weighted by atomic mass is 10.3. The van der Waals surface area contributed by atoms with Crippen LogP contribution in [-0.4, -0.2) is 25.8 Å². The van der Waals surface area contributed by atoms with Crippen LogP contribution < -0.4 is 5.73 Å². The molecule has 0 aliphatic heterocycles. The summed E-state index contributed by atoms with van der Waals surface area (Å²) in [6, 6.07) is 0. The van der Waals surface area contributed by atoms with Gasteiger partial charge in [-0.3, -0.25) is 0 Å². The lowest BCUT2D eigenvalue weighted by Crippen LogP contribution is -2.13. The van der Waals surface area contributed by atoms with E-state index in [4.69, 9.17) is 10.9 Å². The molecule has 0 atom stereocenters. The highest BCUT2D eigenvalue weighted by atomic mass is 16.4. The summed E-state index contributed by atoms with van der Waals surface area (Å²) < 4.78 is 1.91. The second-order valence-electron chi connectivity index (χ2n) is 3.57. The van der Waals surface area contributed by atoms with E-state index in [1.807, 2.05) is 11.6 Å². The molecule has 1 rings (SSSR count). The van der Waals surface area contributed by atoms with E-state index >= 15 is 0 Å². The normalized spacial score (nSPS) is 12.0. The van der Waals surface area contributed by atoms with Crippen LogP contribution in [0, 0.1) is 0 Å². The van der Waals surface area contributed by atoms with Gasteiger partial charge in [-0.25, -0.2) is 9.67 Å². The quantitative estimate of drug-likeness (QED) is 0.326. The van der Waals surface area contributed by atoms with Crippen LogP contribution in [0.3, 0.4) is 0 Å². The summed E-state index contributed by atoms with van der Waals surface area (Å²) in [6.07, 6.45) is 3.09. The Morgan fingerprint density at radius 2 is 2.19 bits per heavy atom. The molecule has 0 radical (unpaired) electrons. The zero-order valence-corrected chi connectivity index (χ0v) is 9.85. The molecule has 90 valence electrons. The molecule has 16 heavy (non-hydrogen) atoms. The number of nitrogens with zero attached hydrogens (tertiary/aromatic N) is 4. The van der Waals surface area contributed by atoms with E-state index in [1.54, 1.807) is 0 Å². The van der Waals surface area contributed by atoms with Gasteiger partial charge in [-0.05, 0) is 6.42 Å². The van der Waals surface area contributed by atoms with Gasteiger partial charge >= 0.3 is 0 Å². The average molecular weight is 225 g/mol. The van der Waals surface area contributed by atoms with E-state index in [2.05, 4.69) is 22.2 Å². The van der Waals surface area contributed by atoms with Gasteiger partial charge in [0, 0.05) is 25.8 Å². The Morgan fingerprint density at radius 1 is 1.44 bits per heavy atom. The lowest BCUT2D eigenvalue weighted by molar-refractivity contribution is 0.316. The predicted octanol–water partition coefficient (Wildman–Crippen LogP) is 0.929. The molecule has 1 aromatic rings. The fourth-order valence-electron chi connectivity index (χ4n) is 1.48. The standard InChI is InChI=1S/C10H19N5O/c1-3-9-12-10(4-2)15(13-9)7-5-6-8(11)14-16/h16H,3-7H2,1-2H3,(H2,11,14). The summed E-state index contributed by atoms with van der Waals surface area (Å²) in [5, 5.41) is 15.7. The molecule has 0 spiro atoms. The van der Waals surface area contributed by atoms with Crippen molar-refractivity contribution in [2.24, 2.45) is 10.9 Å². The number of hydrogen-bond donors (Lipinski definition) is 2. The van der Waals surface area contributed by atoms with Crippen molar-refractivity contribution in [2.75, 3.05) is 0 Å². The molecule has 0 aromatic carbocycles. The highest BCUT2D eigenvalue weighted by molar-refractivity contribution is 5.79. The molecular weight excluding hydrogens is 206 g/mol. The van der Waals surface area contributed by atoms with Crippen LogP contribution >= 0.6 is 0 Å². The van der Waals surface area contributed by atoms with Crippen molar-refractivity contribution in [3.63, 3.8) is 0 Å². The van der Waals surface area contributed by atoms with Gasteiger partial charge in [-0.2, -0.15) is 5.10 Å². The highest BCUT2D eigenvalue weighted by Crippen LogP contribution is 2.03. The Bertz CT molecular complexity index is 358. The summed E-state index contributed by atoms with van der Waals surface area (Å²) >= 11 is 0. The molecule has 6 heteroatoms. The molecule has 0 bridgehead atoms. The molecule has 6 nitrogen and oxygen atoms in total. The zero-order chi connectivity index (χ0) is 12.0. The molecule has 0 fully saturated rings. The van der Waals surface area contributed by atoms with Gasteiger partial charge in [0.2, 0.25) is 0 Å². The van der Waals surface area contributed by atoms with E-state index in [-0.39, 0.29) is 5.84 Å². The summed E-state index contributed by atoms with van der Waals surface area (Å²) in [5.74, 6) is 2.13. The van der Waals surface area contributed by atoms with Crippen molar-refractivity contribution in [1.82, 2.24) is 14.8 Å². The second kappa shape index (κ2) is 6.09. The third-order valence-corrected chi connectivity index (χ3v) is 2.36. The molecule has 0 aliphatic rings. The van der Waals surface area contributed by atoms with Crippen molar-refractivity contribution in [3.05, 3.63) is 11.6 Å². The van der Waals surface area contributed by atoms with Crippen LogP contribution in [0.2, 0.25) is 0 Å². The van der Waals surface area contributed by atoms with Crippen molar-refractivity contribution in [1.29, 1.82) is 0 Å². The van der Waals surface area contributed by atoms with Gasteiger partial charge in [0.05, 0.1) is 0 Å². The van der Waals surface area contributed by atoms with Crippen LogP contribution in [0.5, 0.6) is 0 Å². The largest absolute Gasteiger partial charge is 0.409 e. The van der Waals surface area contributed by atoms with Crippen molar-refractivity contribution < 1.29 is 5.21 Å². The van der Waals surface area contributed by atoms with E-state index in [1.165, 1.54) is 0 Å².